The van der Waals surface area contributed by atoms with Crippen LogP contribution in [0.3, 0.4) is 0 Å². The largest absolute Gasteiger partial charge is 0.322 e. The van der Waals surface area contributed by atoms with Crippen molar-refractivity contribution in [1.82, 2.24) is 4.90 Å². The SMILES string of the molecule is CC(C)([C@H](N)c1ccccc1)N1CCCCCC1. The second kappa shape index (κ2) is 5.85. The Morgan fingerprint density at radius 1 is 1.00 bits per heavy atom. The first-order valence-electron chi connectivity index (χ1n) is 7.18. The number of benzene rings is 1. The smallest absolute Gasteiger partial charge is 0.0476 e. The molecule has 2 heteroatoms. The van der Waals surface area contributed by atoms with Crippen molar-refractivity contribution in [3.05, 3.63) is 35.9 Å². The molecule has 1 atom stereocenters. The average Bonchev–Trinajstić information content (AvgIpc) is 2.68. The van der Waals surface area contributed by atoms with Crippen molar-refractivity contribution in [3.63, 3.8) is 0 Å². The molecule has 0 aromatic heterocycles. The molecular formula is C16H26N2. The summed E-state index contributed by atoms with van der Waals surface area (Å²) in [6.45, 7) is 6.95. The van der Waals surface area contributed by atoms with Crippen LogP contribution in [0.15, 0.2) is 30.3 Å². The summed E-state index contributed by atoms with van der Waals surface area (Å²) in [5.41, 5.74) is 7.79. The first kappa shape index (κ1) is 13.6. The van der Waals surface area contributed by atoms with Crippen LogP contribution in [0.1, 0.15) is 51.1 Å². The fourth-order valence-electron chi connectivity index (χ4n) is 2.91. The first-order chi connectivity index (χ1) is 8.62. The van der Waals surface area contributed by atoms with E-state index < -0.39 is 0 Å². The van der Waals surface area contributed by atoms with Crippen LogP contribution in [0, 0.1) is 0 Å². The summed E-state index contributed by atoms with van der Waals surface area (Å²) in [6, 6.07) is 10.6. The van der Waals surface area contributed by atoms with Gasteiger partial charge in [0.1, 0.15) is 0 Å². The van der Waals surface area contributed by atoms with Gasteiger partial charge in [-0.1, -0.05) is 43.2 Å². The van der Waals surface area contributed by atoms with E-state index >= 15 is 0 Å². The number of nitrogens with two attached hydrogens (primary N) is 1. The molecule has 1 aliphatic heterocycles. The summed E-state index contributed by atoms with van der Waals surface area (Å²) in [6.07, 6.45) is 5.36. The van der Waals surface area contributed by atoms with Crippen LogP contribution in [0.25, 0.3) is 0 Å². The molecule has 1 aliphatic rings. The van der Waals surface area contributed by atoms with E-state index in [1.807, 2.05) is 0 Å². The summed E-state index contributed by atoms with van der Waals surface area (Å²) in [4.78, 5) is 2.58. The molecule has 0 bridgehead atoms. The van der Waals surface area contributed by atoms with Crippen LogP contribution >= 0.6 is 0 Å². The van der Waals surface area contributed by atoms with Gasteiger partial charge >= 0.3 is 0 Å². The van der Waals surface area contributed by atoms with Crippen molar-refractivity contribution >= 4 is 0 Å². The molecule has 0 saturated carbocycles. The van der Waals surface area contributed by atoms with Gasteiger partial charge < -0.3 is 5.73 Å². The minimum absolute atomic E-state index is 0.0334. The molecule has 0 amide bonds. The van der Waals surface area contributed by atoms with Crippen molar-refractivity contribution in [2.75, 3.05) is 13.1 Å². The zero-order chi connectivity index (χ0) is 13.0. The van der Waals surface area contributed by atoms with Crippen molar-refractivity contribution in [3.8, 4) is 0 Å². The molecule has 2 rings (SSSR count). The van der Waals surface area contributed by atoms with E-state index in [1.165, 1.54) is 44.3 Å². The third-order valence-corrected chi connectivity index (χ3v) is 4.34. The van der Waals surface area contributed by atoms with Gasteiger partial charge in [-0.3, -0.25) is 4.90 Å². The van der Waals surface area contributed by atoms with Gasteiger partial charge in [0.2, 0.25) is 0 Å². The number of likely N-dealkylation sites (tertiary alicyclic amines) is 1. The Balaban J connectivity index is 2.13. The Morgan fingerprint density at radius 3 is 2.11 bits per heavy atom. The lowest BCUT2D eigenvalue weighted by Gasteiger charge is -2.42. The van der Waals surface area contributed by atoms with Gasteiger partial charge in [-0.15, -0.1) is 0 Å². The molecule has 0 radical (unpaired) electrons. The molecule has 0 aliphatic carbocycles. The molecule has 1 saturated heterocycles. The van der Waals surface area contributed by atoms with Crippen LogP contribution in [-0.2, 0) is 0 Å². The van der Waals surface area contributed by atoms with Crippen LogP contribution in [0.2, 0.25) is 0 Å². The molecule has 0 unspecified atom stereocenters. The lowest BCUT2D eigenvalue weighted by Crippen LogP contribution is -2.51. The van der Waals surface area contributed by atoms with E-state index in [-0.39, 0.29) is 11.6 Å². The number of hydrogen-bond acceptors (Lipinski definition) is 2. The molecule has 18 heavy (non-hydrogen) atoms. The van der Waals surface area contributed by atoms with Crippen molar-refractivity contribution in [2.24, 2.45) is 5.73 Å². The molecular weight excluding hydrogens is 220 g/mol. The molecule has 100 valence electrons. The quantitative estimate of drug-likeness (QED) is 0.886. The maximum atomic E-state index is 6.51. The van der Waals surface area contributed by atoms with Crippen LogP contribution in [-0.4, -0.2) is 23.5 Å². The van der Waals surface area contributed by atoms with Gasteiger partial charge in [0.05, 0.1) is 0 Å². The predicted octanol–water partition coefficient (Wildman–Crippen LogP) is 3.34. The zero-order valence-electron chi connectivity index (χ0n) is 11.7. The minimum atomic E-state index is 0.0334. The maximum Gasteiger partial charge on any atom is 0.0476 e. The van der Waals surface area contributed by atoms with Crippen molar-refractivity contribution in [2.45, 2.75) is 51.1 Å². The highest BCUT2D eigenvalue weighted by Gasteiger charge is 2.33. The van der Waals surface area contributed by atoms with Crippen LogP contribution in [0.4, 0.5) is 0 Å². The highest BCUT2D eigenvalue weighted by atomic mass is 15.2. The summed E-state index contributed by atoms with van der Waals surface area (Å²) in [5, 5.41) is 0. The van der Waals surface area contributed by atoms with Crippen LogP contribution in [0.5, 0.6) is 0 Å². The number of rotatable bonds is 3. The fourth-order valence-corrected chi connectivity index (χ4v) is 2.91. The van der Waals surface area contributed by atoms with Gasteiger partial charge in [-0.2, -0.15) is 0 Å². The monoisotopic (exact) mass is 246 g/mol. The van der Waals surface area contributed by atoms with Crippen LogP contribution < -0.4 is 5.73 Å². The van der Waals surface area contributed by atoms with Gasteiger partial charge in [0.15, 0.2) is 0 Å². The molecule has 2 nitrogen and oxygen atoms in total. The average molecular weight is 246 g/mol. The highest BCUT2D eigenvalue weighted by Crippen LogP contribution is 2.30. The van der Waals surface area contributed by atoms with E-state index in [0.717, 1.165) is 0 Å². The van der Waals surface area contributed by atoms with E-state index in [9.17, 15) is 0 Å². The summed E-state index contributed by atoms with van der Waals surface area (Å²) < 4.78 is 0. The number of nitrogens with zero attached hydrogens (tertiary/aromatic N) is 1. The first-order valence-corrected chi connectivity index (χ1v) is 7.18. The standard InChI is InChI=1S/C16H26N2/c1-16(2,18-12-8-3-4-9-13-18)15(17)14-10-6-5-7-11-14/h5-7,10-11,15H,3-4,8-9,12-13,17H2,1-2H3/t15-/m1/s1. The third-order valence-electron chi connectivity index (χ3n) is 4.34. The van der Waals surface area contributed by atoms with E-state index in [0.29, 0.717) is 0 Å². The lowest BCUT2D eigenvalue weighted by molar-refractivity contribution is 0.0980. The molecule has 0 spiro atoms. The van der Waals surface area contributed by atoms with Crippen molar-refractivity contribution < 1.29 is 0 Å². The minimum Gasteiger partial charge on any atom is -0.322 e. The molecule has 1 fully saturated rings. The summed E-state index contributed by atoms with van der Waals surface area (Å²) >= 11 is 0. The Hall–Kier alpha value is -0.860. The third kappa shape index (κ3) is 2.93. The Bertz CT molecular complexity index is 351. The lowest BCUT2D eigenvalue weighted by atomic mass is 9.87. The maximum absolute atomic E-state index is 6.51. The second-order valence-corrected chi connectivity index (χ2v) is 5.94. The van der Waals surface area contributed by atoms with E-state index in [2.05, 4.69) is 49.1 Å². The van der Waals surface area contributed by atoms with E-state index in [4.69, 9.17) is 5.73 Å². The van der Waals surface area contributed by atoms with Crippen molar-refractivity contribution in [1.29, 1.82) is 0 Å². The molecule has 2 N–H and O–H groups in total. The molecule has 1 aromatic rings. The Morgan fingerprint density at radius 2 is 1.56 bits per heavy atom. The fraction of sp³-hybridized carbons (Fsp3) is 0.625. The Kier molecular flexibility index (Phi) is 4.41. The van der Waals surface area contributed by atoms with Gasteiger partial charge in [-0.25, -0.2) is 0 Å². The number of hydrogen-bond donors (Lipinski definition) is 1. The Labute approximate surface area is 111 Å². The van der Waals surface area contributed by atoms with Gasteiger partial charge in [0.25, 0.3) is 0 Å². The predicted molar refractivity (Wildman–Crippen MR) is 77.5 cm³/mol. The molecule has 1 heterocycles. The topological polar surface area (TPSA) is 29.3 Å². The molecule has 1 aromatic carbocycles. The van der Waals surface area contributed by atoms with E-state index in [1.54, 1.807) is 0 Å². The summed E-state index contributed by atoms with van der Waals surface area (Å²) in [5.74, 6) is 0. The van der Waals surface area contributed by atoms with Gasteiger partial charge in [0, 0.05) is 11.6 Å². The summed E-state index contributed by atoms with van der Waals surface area (Å²) in [7, 11) is 0. The normalized spacial score (nSPS) is 20.4. The highest BCUT2D eigenvalue weighted by molar-refractivity contribution is 5.22. The second-order valence-electron chi connectivity index (χ2n) is 5.94. The van der Waals surface area contributed by atoms with Gasteiger partial charge in [-0.05, 0) is 45.3 Å². The zero-order valence-corrected chi connectivity index (χ0v) is 11.7.